The fourth-order valence-electron chi connectivity index (χ4n) is 2.52. The number of nitrogens with one attached hydrogen (secondary N) is 1. The van der Waals surface area contributed by atoms with Crippen LogP contribution in [0.3, 0.4) is 0 Å². The first kappa shape index (κ1) is 14.2. The summed E-state index contributed by atoms with van der Waals surface area (Å²) in [6.45, 7) is 0.769. The number of fused-ring (bicyclic) bond motifs is 1. The van der Waals surface area contributed by atoms with E-state index in [-0.39, 0.29) is 5.91 Å². The molecule has 1 aromatic heterocycles. The number of nitrogens with zero attached hydrogens (tertiary/aromatic N) is 2. The van der Waals surface area contributed by atoms with Crippen LogP contribution in [0.4, 0.5) is 0 Å². The number of methoxy groups -OCH3 is 2. The fraction of sp³-hybridized carbons (Fsp3) is 0.250. The van der Waals surface area contributed by atoms with Crippen molar-refractivity contribution in [2.24, 2.45) is 0 Å². The summed E-state index contributed by atoms with van der Waals surface area (Å²) in [4.78, 5) is 16.1. The molecule has 0 radical (unpaired) electrons. The van der Waals surface area contributed by atoms with Crippen LogP contribution < -0.4 is 14.8 Å². The molecule has 1 aliphatic rings. The number of benzene rings is 1. The van der Waals surface area contributed by atoms with Crippen molar-refractivity contribution in [2.75, 3.05) is 20.8 Å². The number of hydrogen-bond donors (Lipinski definition) is 1. The Balaban J connectivity index is 2.02. The summed E-state index contributed by atoms with van der Waals surface area (Å²) in [6, 6.07) is 3.86. The topological polar surface area (TPSA) is 65.4 Å². The molecule has 0 fully saturated rings. The first-order chi connectivity index (χ1) is 10.7. The summed E-state index contributed by atoms with van der Waals surface area (Å²) in [7, 11) is 3.21. The molecule has 2 heterocycles. The van der Waals surface area contributed by atoms with Gasteiger partial charge in [0.2, 0.25) is 0 Å². The maximum absolute atomic E-state index is 12.2. The normalized spacial score (nSPS) is 15.1. The third-order valence-corrected chi connectivity index (χ3v) is 3.64. The molecule has 0 amide bonds. The van der Waals surface area contributed by atoms with Gasteiger partial charge in [-0.3, -0.25) is 9.36 Å². The lowest BCUT2D eigenvalue weighted by molar-refractivity contribution is 0.0969. The highest BCUT2D eigenvalue weighted by Crippen LogP contribution is 2.34. The summed E-state index contributed by atoms with van der Waals surface area (Å²) in [5, 5.41) is 3.27. The Kier molecular flexibility index (Phi) is 3.82. The van der Waals surface area contributed by atoms with Gasteiger partial charge in [0.25, 0.3) is 5.91 Å². The van der Waals surface area contributed by atoms with E-state index < -0.39 is 0 Å². The number of imidazole rings is 1. The van der Waals surface area contributed by atoms with E-state index in [9.17, 15) is 4.79 Å². The van der Waals surface area contributed by atoms with Crippen LogP contribution in [0.15, 0.2) is 36.9 Å². The van der Waals surface area contributed by atoms with Crippen LogP contribution in [0.5, 0.6) is 11.5 Å². The summed E-state index contributed by atoms with van der Waals surface area (Å²) >= 11 is 0. The SMILES string of the molecule is COc1cc2c(cc1OC)C(=CC(=O)n1ccnc1)NCC2. The van der Waals surface area contributed by atoms with E-state index in [0.717, 1.165) is 29.8 Å². The molecule has 0 unspecified atom stereocenters. The van der Waals surface area contributed by atoms with Crippen molar-refractivity contribution in [3.05, 3.63) is 48.1 Å². The van der Waals surface area contributed by atoms with Gasteiger partial charge >= 0.3 is 0 Å². The predicted molar refractivity (Wildman–Crippen MR) is 82.1 cm³/mol. The van der Waals surface area contributed by atoms with Gasteiger partial charge in [-0.15, -0.1) is 0 Å². The van der Waals surface area contributed by atoms with E-state index in [4.69, 9.17) is 9.47 Å². The van der Waals surface area contributed by atoms with Gasteiger partial charge in [0.1, 0.15) is 6.33 Å². The average Bonchev–Trinajstić information content (AvgIpc) is 3.08. The first-order valence-electron chi connectivity index (χ1n) is 6.96. The lowest BCUT2D eigenvalue weighted by Crippen LogP contribution is -2.24. The van der Waals surface area contributed by atoms with Gasteiger partial charge in [-0.25, -0.2) is 4.98 Å². The maximum atomic E-state index is 12.2. The second kappa shape index (κ2) is 5.93. The van der Waals surface area contributed by atoms with E-state index >= 15 is 0 Å². The van der Waals surface area contributed by atoms with Crippen LogP contribution >= 0.6 is 0 Å². The van der Waals surface area contributed by atoms with Crippen LogP contribution in [0.1, 0.15) is 15.9 Å². The zero-order chi connectivity index (χ0) is 15.5. The minimum absolute atomic E-state index is 0.150. The van der Waals surface area contributed by atoms with Crippen molar-refractivity contribution in [1.29, 1.82) is 0 Å². The molecule has 114 valence electrons. The van der Waals surface area contributed by atoms with E-state index in [0.29, 0.717) is 11.5 Å². The molecule has 0 atom stereocenters. The number of carbonyl (C=O) groups excluding carboxylic acids is 1. The van der Waals surface area contributed by atoms with Crippen molar-refractivity contribution in [2.45, 2.75) is 6.42 Å². The van der Waals surface area contributed by atoms with E-state index in [1.165, 1.54) is 10.9 Å². The molecule has 0 saturated heterocycles. The van der Waals surface area contributed by atoms with Crippen LogP contribution in [0, 0.1) is 0 Å². The molecular weight excluding hydrogens is 282 g/mol. The molecule has 1 N–H and O–H groups in total. The molecule has 6 heteroatoms. The Morgan fingerprint density at radius 1 is 1.32 bits per heavy atom. The minimum atomic E-state index is -0.150. The molecule has 0 aliphatic carbocycles. The van der Waals surface area contributed by atoms with Crippen LogP contribution in [-0.4, -0.2) is 36.2 Å². The van der Waals surface area contributed by atoms with Crippen LogP contribution in [0.25, 0.3) is 5.70 Å². The number of allylic oxidation sites excluding steroid dienone is 1. The highest BCUT2D eigenvalue weighted by atomic mass is 16.5. The van der Waals surface area contributed by atoms with Crippen molar-refractivity contribution < 1.29 is 14.3 Å². The summed E-state index contributed by atoms with van der Waals surface area (Å²) in [5.74, 6) is 1.19. The minimum Gasteiger partial charge on any atom is -0.493 e. The fourth-order valence-corrected chi connectivity index (χ4v) is 2.52. The van der Waals surface area contributed by atoms with Gasteiger partial charge in [-0.1, -0.05) is 0 Å². The molecule has 0 bridgehead atoms. The lowest BCUT2D eigenvalue weighted by Gasteiger charge is -2.23. The van der Waals surface area contributed by atoms with Gasteiger partial charge < -0.3 is 14.8 Å². The Morgan fingerprint density at radius 2 is 2.09 bits per heavy atom. The zero-order valence-electron chi connectivity index (χ0n) is 12.5. The van der Waals surface area contributed by atoms with E-state index in [1.807, 2.05) is 12.1 Å². The van der Waals surface area contributed by atoms with E-state index in [1.54, 1.807) is 32.7 Å². The number of hydrogen-bond acceptors (Lipinski definition) is 5. The number of carbonyl (C=O) groups is 1. The van der Waals surface area contributed by atoms with Crippen molar-refractivity contribution in [3.8, 4) is 11.5 Å². The number of ether oxygens (including phenoxy) is 2. The first-order valence-corrected chi connectivity index (χ1v) is 6.96. The third-order valence-electron chi connectivity index (χ3n) is 3.64. The Bertz CT molecular complexity index is 720. The maximum Gasteiger partial charge on any atom is 0.257 e. The third kappa shape index (κ3) is 2.55. The summed E-state index contributed by atoms with van der Waals surface area (Å²) in [5.41, 5.74) is 2.86. The second-order valence-corrected chi connectivity index (χ2v) is 4.91. The summed E-state index contributed by atoms with van der Waals surface area (Å²) in [6.07, 6.45) is 7.12. The highest BCUT2D eigenvalue weighted by molar-refractivity contribution is 5.97. The van der Waals surface area contributed by atoms with Crippen LogP contribution in [0.2, 0.25) is 0 Å². The monoisotopic (exact) mass is 299 g/mol. The molecule has 6 nitrogen and oxygen atoms in total. The average molecular weight is 299 g/mol. The Labute approximate surface area is 128 Å². The molecule has 22 heavy (non-hydrogen) atoms. The Hall–Kier alpha value is -2.76. The quantitative estimate of drug-likeness (QED) is 0.874. The lowest BCUT2D eigenvalue weighted by atomic mass is 9.97. The number of rotatable bonds is 3. The van der Waals surface area contributed by atoms with Crippen molar-refractivity contribution in [3.63, 3.8) is 0 Å². The van der Waals surface area contributed by atoms with Crippen LogP contribution in [-0.2, 0) is 6.42 Å². The standard InChI is InChI=1S/C16H17N3O3/c1-21-14-7-11-3-4-18-13(12(11)8-15(14)22-2)9-16(20)19-6-5-17-10-19/h5-10,18H,3-4H2,1-2H3. The largest absolute Gasteiger partial charge is 0.493 e. The van der Waals surface area contributed by atoms with Gasteiger partial charge in [-0.05, 0) is 24.1 Å². The van der Waals surface area contributed by atoms with Gasteiger partial charge in [0.15, 0.2) is 11.5 Å². The molecule has 1 aliphatic heterocycles. The van der Waals surface area contributed by atoms with Crippen molar-refractivity contribution >= 4 is 11.6 Å². The zero-order valence-corrected chi connectivity index (χ0v) is 12.5. The van der Waals surface area contributed by atoms with E-state index in [2.05, 4.69) is 10.3 Å². The smallest absolute Gasteiger partial charge is 0.257 e. The molecule has 3 rings (SSSR count). The van der Waals surface area contributed by atoms with Gasteiger partial charge in [0.05, 0.1) is 14.2 Å². The van der Waals surface area contributed by atoms with Gasteiger partial charge in [0, 0.05) is 36.3 Å². The Morgan fingerprint density at radius 3 is 2.77 bits per heavy atom. The molecule has 2 aromatic rings. The molecule has 0 spiro atoms. The molecule has 1 aromatic carbocycles. The molecular formula is C16H17N3O3. The van der Waals surface area contributed by atoms with Gasteiger partial charge in [-0.2, -0.15) is 0 Å². The molecule has 0 saturated carbocycles. The number of aromatic nitrogens is 2. The summed E-state index contributed by atoms with van der Waals surface area (Å²) < 4.78 is 12.1. The predicted octanol–water partition coefficient (Wildman–Crippen LogP) is 1.73. The highest BCUT2D eigenvalue weighted by Gasteiger charge is 2.19. The second-order valence-electron chi connectivity index (χ2n) is 4.91. The van der Waals surface area contributed by atoms with Crippen molar-refractivity contribution in [1.82, 2.24) is 14.9 Å².